The van der Waals surface area contributed by atoms with Crippen molar-refractivity contribution < 1.29 is 18.0 Å². The number of benzene rings is 2. The summed E-state index contributed by atoms with van der Waals surface area (Å²) in [6, 6.07) is 11.5. The Balaban J connectivity index is 2.44. The fourth-order valence-electron chi connectivity index (χ4n) is 3.40. The third-order valence-electron chi connectivity index (χ3n) is 5.15. The van der Waals surface area contributed by atoms with E-state index < -0.39 is 28.5 Å². The second-order valence-corrected chi connectivity index (χ2v) is 10.9. The number of hydrogen-bond acceptors (Lipinski definition) is 4. The van der Waals surface area contributed by atoms with Crippen molar-refractivity contribution in [1.82, 2.24) is 10.2 Å². The fourth-order valence-corrected chi connectivity index (χ4v) is 4.51. The summed E-state index contributed by atoms with van der Waals surface area (Å²) in [5.41, 5.74) is 2.77. The van der Waals surface area contributed by atoms with E-state index in [9.17, 15) is 18.0 Å². The van der Waals surface area contributed by atoms with Gasteiger partial charge in [-0.3, -0.25) is 13.9 Å². The van der Waals surface area contributed by atoms with Crippen LogP contribution in [0.25, 0.3) is 0 Å². The third-order valence-corrected chi connectivity index (χ3v) is 6.51. The van der Waals surface area contributed by atoms with Crippen LogP contribution in [0, 0.1) is 13.8 Å². The maximum atomic E-state index is 13.5. The number of rotatable bonds is 9. The molecule has 0 aliphatic rings. The lowest BCUT2D eigenvalue weighted by Crippen LogP contribution is -2.52. The molecule has 0 aromatic heterocycles. The highest BCUT2D eigenvalue weighted by Crippen LogP contribution is 2.24. The maximum Gasteiger partial charge on any atom is 0.244 e. The van der Waals surface area contributed by atoms with Crippen molar-refractivity contribution in [2.45, 2.75) is 53.2 Å². The quantitative estimate of drug-likeness (QED) is 0.577. The molecule has 1 N–H and O–H groups in total. The highest BCUT2D eigenvalue weighted by Gasteiger charge is 2.30. The summed E-state index contributed by atoms with van der Waals surface area (Å²) in [6.07, 6.45) is 1.07. The first-order valence-corrected chi connectivity index (χ1v) is 12.9. The van der Waals surface area contributed by atoms with E-state index >= 15 is 0 Å². The highest BCUT2D eigenvalue weighted by atomic mass is 35.5. The van der Waals surface area contributed by atoms with Gasteiger partial charge in [0.25, 0.3) is 0 Å². The lowest BCUT2D eigenvalue weighted by molar-refractivity contribution is -0.139. The van der Waals surface area contributed by atoms with Gasteiger partial charge in [-0.05, 0) is 69.5 Å². The summed E-state index contributed by atoms with van der Waals surface area (Å²) in [5.74, 6) is -0.814. The molecule has 33 heavy (non-hydrogen) atoms. The molecule has 1 atom stereocenters. The molecule has 180 valence electrons. The lowest BCUT2D eigenvalue weighted by atomic mass is 10.1. The van der Waals surface area contributed by atoms with Gasteiger partial charge in [0, 0.05) is 17.6 Å². The van der Waals surface area contributed by atoms with Crippen LogP contribution in [0.3, 0.4) is 0 Å². The van der Waals surface area contributed by atoms with Crippen molar-refractivity contribution in [1.29, 1.82) is 0 Å². The van der Waals surface area contributed by atoms with Gasteiger partial charge in [-0.1, -0.05) is 35.9 Å². The van der Waals surface area contributed by atoms with Crippen LogP contribution in [-0.4, -0.2) is 50.0 Å². The van der Waals surface area contributed by atoms with Crippen LogP contribution in [0.5, 0.6) is 0 Å². The summed E-state index contributed by atoms with van der Waals surface area (Å²) in [4.78, 5) is 27.6. The SMILES string of the molecule is Cc1ccc(C)c(N(CC(=O)N(Cc2cccc(Cl)c2)[C@H](C)C(=O)NC(C)C)S(C)(=O)=O)c1. The molecule has 0 bridgehead atoms. The monoisotopic (exact) mass is 493 g/mol. The van der Waals surface area contributed by atoms with E-state index in [-0.39, 0.29) is 18.5 Å². The normalized spacial score (nSPS) is 12.4. The summed E-state index contributed by atoms with van der Waals surface area (Å²) in [7, 11) is -3.77. The van der Waals surface area contributed by atoms with E-state index in [4.69, 9.17) is 11.6 Å². The molecule has 0 heterocycles. The third kappa shape index (κ3) is 7.47. The molecule has 0 saturated heterocycles. The van der Waals surface area contributed by atoms with Gasteiger partial charge in [0.2, 0.25) is 21.8 Å². The first-order valence-electron chi connectivity index (χ1n) is 10.7. The van der Waals surface area contributed by atoms with Gasteiger partial charge in [-0.2, -0.15) is 0 Å². The van der Waals surface area contributed by atoms with E-state index in [1.807, 2.05) is 32.9 Å². The largest absolute Gasteiger partial charge is 0.352 e. The molecule has 0 unspecified atom stereocenters. The molecule has 0 aliphatic carbocycles. The second-order valence-electron chi connectivity index (χ2n) is 8.55. The Morgan fingerprint density at radius 2 is 1.73 bits per heavy atom. The van der Waals surface area contributed by atoms with E-state index in [2.05, 4.69) is 5.32 Å². The van der Waals surface area contributed by atoms with Crippen molar-refractivity contribution in [3.05, 3.63) is 64.2 Å². The zero-order valence-corrected chi connectivity index (χ0v) is 21.5. The minimum Gasteiger partial charge on any atom is -0.352 e. The number of aryl methyl sites for hydroxylation is 2. The zero-order chi connectivity index (χ0) is 24.9. The second kappa shape index (κ2) is 11.0. The molecule has 0 fully saturated rings. The van der Waals surface area contributed by atoms with Crippen LogP contribution in [0.15, 0.2) is 42.5 Å². The molecule has 2 amide bonds. The standard InChI is InChI=1S/C24H32ClN3O4S/c1-16(2)26-24(30)19(5)27(14-20-8-7-9-21(25)13-20)23(29)15-28(33(6,31)32)22-12-17(3)10-11-18(22)4/h7-13,16,19H,14-15H2,1-6H3,(H,26,30)/t19-/m1/s1. The van der Waals surface area contributed by atoms with E-state index in [1.54, 1.807) is 44.2 Å². The van der Waals surface area contributed by atoms with Crippen molar-refractivity contribution in [2.24, 2.45) is 0 Å². The molecule has 2 aromatic carbocycles. The van der Waals surface area contributed by atoms with Crippen molar-refractivity contribution in [3.63, 3.8) is 0 Å². The molecule has 0 spiro atoms. The van der Waals surface area contributed by atoms with Crippen LogP contribution in [0.4, 0.5) is 5.69 Å². The number of amides is 2. The first kappa shape index (κ1) is 26.7. The fraction of sp³-hybridized carbons (Fsp3) is 0.417. The Morgan fingerprint density at radius 3 is 2.30 bits per heavy atom. The first-order chi connectivity index (χ1) is 15.3. The predicted molar refractivity (Wildman–Crippen MR) is 133 cm³/mol. The van der Waals surface area contributed by atoms with Gasteiger partial charge in [-0.15, -0.1) is 0 Å². The summed E-state index contributed by atoms with van der Waals surface area (Å²) < 4.78 is 26.4. The average molecular weight is 494 g/mol. The molecule has 0 aliphatic heterocycles. The number of anilines is 1. The van der Waals surface area contributed by atoms with Crippen LogP contribution in [-0.2, 0) is 26.2 Å². The molecule has 7 nitrogen and oxygen atoms in total. The summed E-state index contributed by atoms with van der Waals surface area (Å²) in [5, 5.41) is 3.32. The van der Waals surface area contributed by atoms with E-state index in [1.165, 1.54) is 4.90 Å². The number of nitrogens with zero attached hydrogens (tertiary/aromatic N) is 2. The number of carbonyl (C=O) groups is 2. The van der Waals surface area contributed by atoms with Crippen LogP contribution in [0.1, 0.15) is 37.5 Å². The molecule has 2 rings (SSSR count). The number of nitrogens with one attached hydrogen (secondary N) is 1. The Bertz CT molecular complexity index is 1120. The highest BCUT2D eigenvalue weighted by molar-refractivity contribution is 7.92. The molecule has 0 saturated carbocycles. The van der Waals surface area contributed by atoms with Gasteiger partial charge >= 0.3 is 0 Å². The Morgan fingerprint density at radius 1 is 1.06 bits per heavy atom. The number of carbonyl (C=O) groups excluding carboxylic acids is 2. The number of sulfonamides is 1. The van der Waals surface area contributed by atoms with Crippen LogP contribution in [0.2, 0.25) is 5.02 Å². The number of halogens is 1. The molecule has 9 heteroatoms. The van der Waals surface area contributed by atoms with E-state index in [0.29, 0.717) is 10.7 Å². The minimum absolute atomic E-state index is 0.106. The average Bonchev–Trinajstić information content (AvgIpc) is 2.70. The lowest BCUT2D eigenvalue weighted by Gasteiger charge is -2.32. The van der Waals surface area contributed by atoms with Crippen LogP contribution < -0.4 is 9.62 Å². The maximum absolute atomic E-state index is 13.5. The smallest absolute Gasteiger partial charge is 0.244 e. The summed E-state index contributed by atoms with van der Waals surface area (Å²) >= 11 is 6.11. The Kier molecular flexibility index (Phi) is 8.91. The minimum atomic E-state index is -3.77. The number of hydrogen-bond donors (Lipinski definition) is 1. The topological polar surface area (TPSA) is 86.8 Å². The molecule has 2 aromatic rings. The van der Waals surface area contributed by atoms with Gasteiger partial charge in [0.1, 0.15) is 12.6 Å². The van der Waals surface area contributed by atoms with Gasteiger partial charge in [-0.25, -0.2) is 8.42 Å². The zero-order valence-electron chi connectivity index (χ0n) is 19.9. The van der Waals surface area contributed by atoms with Crippen LogP contribution >= 0.6 is 11.6 Å². The van der Waals surface area contributed by atoms with Gasteiger partial charge in [0.15, 0.2) is 0 Å². The van der Waals surface area contributed by atoms with E-state index in [0.717, 1.165) is 27.3 Å². The van der Waals surface area contributed by atoms with Gasteiger partial charge in [0.05, 0.1) is 11.9 Å². The van der Waals surface area contributed by atoms with Crippen molar-refractivity contribution in [2.75, 3.05) is 17.1 Å². The van der Waals surface area contributed by atoms with Crippen molar-refractivity contribution >= 4 is 39.1 Å². The molecular formula is C24H32ClN3O4S. The van der Waals surface area contributed by atoms with Gasteiger partial charge < -0.3 is 10.2 Å². The Labute approximate surface area is 201 Å². The molecular weight excluding hydrogens is 462 g/mol. The summed E-state index contributed by atoms with van der Waals surface area (Å²) in [6.45, 7) is 8.62. The predicted octanol–water partition coefficient (Wildman–Crippen LogP) is 3.66. The Hall–Kier alpha value is -2.58. The molecule has 0 radical (unpaired) electrons. The van der Waals surface area contributed by atoms with Crippen molar-refractivity contribution in [3.8, 4) is 0 Å².